The molecule has 1 aromatic rings. The normalized spacial score (nSPS) is 13.2. The van der Waals surface area contributed by atoms with Crippen molar-refractivity contribution in [3.63, 3.8) is 0 Å². The monoisotopic (exact) mass is 180 g/mol. The van der Waals surface area contributed by atoms with Gasteiger partial charge in [0, 0.05) is 11.8 Å². The Hall–Kier alpha value is -1.32. The van der Waals surface area contributed by atoms with Gasteiger partial charge >= 0.3 is 0 Å². The highest BCUT2D eigenvalue weighted by Crippen LogP contribution is 2.26. The fourth-order valence-corrected chi connectivity index (χ4v) is 1.13. The highest BCUT2D eigenvalue weighted by molar-refractivity contribution is 5.43. The van der Waals surface area contributed by atoms with Crippen LogP contribution in [0.15, 0.2) is 6.20 Å². The molecule has 0 bridgehead atoms. The van der Waals surface area contributed by atoms with Gasteiger partial charge in [-0.2, -0.15) is 4.98 Å². The lowest BCUT2D eigenvalue weighted by atomic mass is 9.92. The van der Waals surface area contributed by atoms with E-state index in [4.69, 9.17) is 11.5 Å². The first-order valence-corrected chi connectivity index (χ1v) is 4.40. The third kappa shape index (κ3) is 2.08. The van der Waals surface area contributed by atoms with E-state index in [0.29, 0.717) is 17.7 Å². The number of hydrogen-bond donors (Lipinski definition) is 2. The van der Waals surface area contributed by atoms with Crippen molar-refractivity contribution in [3.05, 3.63) is 11.8 Å². The Morgan fingerprint density at radius 2 is 1.85 bits per heavy atom. The molecule has 1 rings (SSSR count). The van der Waals surface area contributed by atoms with Gasteiger partial charge in [-0.1, -0.05) is 20.8 Å². The van der Waals surface area contributed by atoms with E-state index in [-0.39, 0.29) is 5.95 Å². The van der Waals surface area contributed by atoms with Gasteiger partial charge in [0.25, 0.3) is 0 Å². The van der Waals surface area contributed by atoms with Gasteiger partial charge in [0.05, 0.1) is 0 Å². The molecule has 0 aliphatic carbocycles. The molecule has 0 saturated heterocycles. The highest BCUT2D eigenvalue weighted by Gasteiger charge is 2.14. The van der Waals surface area contributed by atoms with Crippen LogP contribution in [0.5, 0.6) is 0 Å². The third-order valence-electron chi connectivity index (χ3n) is 2.36. The van der Waals surface area contributed by atoms with Crippen LogP contribution >= 0.6 is 0 Å². The summed E-state index contributed by atoms with van der Waals surface area (Å²) in [6.45, 7) is 6.39. The fraction of sp³-hybridized carbons (Fsp3) is 0.556. The van der Waals surface area contributed by atoms with Crippen LogP contribution in [0.4, 0.5) is 11.8 Å². The zero-order valence-corrected chi connectivity index (χ0v) is 8.28. The van der Waals surface area contributed by atoms with Gasteiger partial charge in [-0.15, -0.1) is 0 Å². The second-order valence-electron chi connectivity index (χ2n) is 3.60. The van der Waals surface area contributed by atoms with Crippen molar-refractivity contribution in [2.24, 2.45) is 5.92 Å². The third-order valence-corrected chi connectivity index (χ3v) is 2.36. The van der Waals surface area contributed by atoms with Gasteiger partial charge in [0.1, 0.15) is 5.82 Å². The van der Waals surface area contributed by atoms with Gasteiger partial charge in [0.2, 0.25) is 5.95 Å². The topological polar surface area (TPSA) is 77.8 Å². The summed E-state index contributed by atoms with van der Waals surface area (Å²) in [6, 6.07) is 0. The molecule has 1 atom stereocenters. The number of aromatic nitrogens is 2. The van der Waals surface area contributed by atoms with Crippen LogP contribution in [0.1, 0.15) is 32.3 Å². The predicted molar refractivity (Wildman–Crippen MR) is 54.1 cm³/mol. The van der Waals surface area contributed by atoms with E-state index >= 15 is 0 Å². The number of nitrogen functional groups attached to an aromatic ring is 2. The summed E-state index contributed by atoms with van der Waals surface area (Å²) in [6.07, 6.45) is 1.71. The molecule has 72 valence electrons. The first-order chi connectivity index (χ1) is 6.02. The maximum absolute atomic E-state index is 5.73. The Balaban J connectivity index is 3.01. The lowest BCUT2D eigenvalue weighted by Crippen LogP contribution is -2.09. The molecular weight excluding hydrogens is 164 g/mol. The summed E-state index contributed by atoms with van der Waals surface area (Å²) in [5, 5.41) is 0. The lowest BCUT2D eigenvalue weighted by molar-refractivity contribution is 0.534. The molecule has 0 aliphatic rings. The molecule has 1 aromatic heterocycles. The van der Waals surface area contributed by atoms with Crippen molar-refractivity contribution in [3.8, 4) is 0 Å². The van der Waals surface area contributed by atoms with Crippen molar-refractivity contribution < 1.29 is 0 Å². The summed E-state index contributed by atoms with van der Waals surface area (Å²) < 4.78 is 0. The predicted octanol–water partition coefficient (Wildman–Crippen LogP) is 1.40. The van der Waals surface area contributed by atoms with Crippen LogP contribution < -0.4 is 11.5 Å². The highest BCUT2D eigenvalue weighted by atomic mass is 15.0. The van der Waals surface area contributed by atoms with Gasteiger partial charge in [-0.25, -0.2) is 4.98 Å². The van der Waals surface area contributed by atoms with E-state index in [1.807, 2.05) is 0 Å². The van der Waals surface area contributed by atoms with Gasteiger partial charge in [-0.05, 0) is 11.8 Å². The molecule has 1 unspecified atom stereocenters. The summed E-state index contributed by atoms with van der Waals surface area (Å²) in [5.41, 5.74) is 12.1. The standard InChI is InChI=1S/C9H16N4/c1-5(2)6(3)7-4-12-9(11)13-8(7)10/h4-6H,1-3H3,(H4,10,11,12,13). The molecule has 1 heterocycles. The molecule has 0 radical (unpaired) electrons. The quantitative estimate of drug-likeness (QED) is 0.721. The van der Waals surface area contributed by atoms with Crippen LogP contribution in [0, 0.1) is 5.92 Å². The number of rotatable bonds is 2. The molecule has 4 N–H and O–H groups in total. The number of nitrogens with zero attached hydrogens (tertiary/aromatic N) is 2. The molecule has 0 aromatic carbocycles. The molecule has 13 heavy (non-hydrogen) atoms. The van der Waals surface area contributed by atoms with Crippen LogP contribution in [-0.4, -0.2) is 9.97 Å². The molecule has 0 amide bonds. The SMILES string of the molecule is CC(C)C(C)c1cnc(N)nc1N. The Labute approximate surface area is 78.4 Å². The van der Waals surface area contributed by atoms with Crippen LogP contribution in [0.3, 0.4) is 0 Å². The van der Waals surface area contributed by atoms with E-state index in [9.17, 15) is 0 Å². The molecular formula is C9H16N4. The lowest BCUT2D eigenvalue weighted by Gasteiger charge is -2.16. The van der Waals surface area contributed by atoms with Crippen LogP contribution in [-0.2, 0) is 0 Å². The zero-order valence-electron chi connectivity index (χ0n) is 8.28. The Bertz CT molecular complexity index is 296. The van der Waals surface area contributed by atoms with Crippen molar-refractivity contribution in [2.75, 3.05) is 11.5 Å². The van der Waals surface area contributed by atoms with Gasteiger partial charge in [-0.3, -0.25) is 0 Å². The zero-order chi connectivity index (χ0) is 10.0. The van der Waals surface area contributed by atoms with Crippen molar-refractivity contribution in [1.29, 1.82) is 0 Å². The first kappa shape index (κ1) is 9.77. The molecule has 0 aliphatic heterocycles. The average Bonchev–Trinajstić information content (AvgIpc) is 2.03. The Morgan fingerprint density at radius 1 is 1.23 bits per heavy atom. The van der Waals surface area contributed by atoms with Crippen LogP contribution in [0.25, 0.3) is 0 Å². The summed E-state index contributed by atoms with van der Waals surface area (Å²) in [7, 11) is 0. The second kappa shape index (κ2) is 3.60. The first-order valence-electron chi connectivity index (χ1n) is 4.40. The van der Waals surface area contributed by atoms with Gasteiger partial charge in [0.15, 0.2) is 0 Å². The number of anilines is 2. The van der Waals surface area contributed by atoms with E-state index in [1.165, 1.54) is 0 Å². The minimum absolute atomic E-state index is 0.234. The summed E-state index contributed by atoms with van der Waals surface area (Å²) in [4.78, 5) is 7.85. The number of nitrogens with two attached hydrogens (primary N) is 2. The average molecular weight is 180 g/mol. The Morgan fingerprint density at radius 3 is 2.31 bits per heavy atom. The van der Waals surface area contributed by atoms with Crippen molar-refractivity contribution in [1.82, 2.24) is 9.97 Å². The minimum atomic E-state index is 0.234. The fourth-order valence-electron chi connectivity index (χ4n) is 1.13. The van der Waals surface area contributed by atoms with E-state index in [2.05, 4.69) is 30.7 Å². The summed E-state index contributed by atoms with van der Waals surface area (Å²) in [5.74, 6) is 1.61. The van der Waals surface area contributed by atoms with E-state index < -0.39 is 0 Å². The van der Waals surface area contributed by atoms with Crippen molar-refractivity contribution >= 4 is 11.8 Å². The molecule has 4 heteroatoms. The molecule has 0 spiro atoms. The molecule has 0 fully saturated rings. The summed E-state index contributed by atoms with van der Waals surface area (Å²) >= 11 is 0. The molecule has 0 saturated carbocycles. The van der Waals surface area contributed by atoms with E-state index in [1.54, 1.807) is 6.20 Å². The minimum Gasteiger partial charge on any atom is -0.383 e. The maximum Gasteiger partial charge on any atom is 0.221 e. The van der Waals surface area contributed by atoms with Crippen LogP contribution in [0.2, 0.25) is 0 Å². The Kier molecular flexibility index (Phi) is 2.70. The number of hydrogen-bond acceptors (Lipinski definition) is 4. The van der Waals surface area contributed by atoms with Crippen molar-refractivity contribution in [2.45, 2.75) is 26.7 Å². The van der Waals surface area contributed by atoms with Gasteiger partial charge < -0.3 is 11.5 Å². The molecule has 4 nitrogen and oxygen atoms in total. The van der Waals surface area contributed by atoms with E-state index in [0.717, 1.165) is 5.56 Å². The maximum atomic E-state index is 5.73. The second-order valence-corrected chi connectivity index (χ2v) is 3.60. The largest absolute Gasteiger partial charge is 0.383 e. The smallest absolute Gasteiger partial charge is 0.221 e.